The first kappa shape index (κ1) is 22.6. The average Bonchev–Trinajstić information content (AvgIpc) is 3.48. The second-order valence-corrected chi connectivity index (χ2v) is 10.2. The minimum atomic E-state index is -0.488. The summed E-state index contributed by atoms with van der Waals surface area (Å²) in [7, 11) is 0. The monoisotopic (exact) mass is 464 g/mol. The van der Waals surface area contributed by atoms with Gasteiger partial charge < -0.3 is 18.9 Å². The van der Waals surface area contributed by atoms with E-state index in [0.29, 0.717) is 0 Å². The summed E-state index contributed by atoms with van der Waals surface area (Å²) in [6.45, 7) is 8.54. The summed E-state index contributed by atoms with van der Waals surface area (Å²) in [5.41, 5.74) is 6.33. The number of fused-ring (bicyclic) bond motifs is 6. The van der Waals surface area contributed by atoms with Crippen LogP contribution < -0.4 is 0 Å². The Morgan fingerprint density at radius 2 is 1.06 bits per heavy atom. The van der Waals surface area contributed by atoms with E-state index in [-0.39, 0.29) is 24.4 Å². The number of pyridine rings is 2. The fraction of sp³-hybridized carbons (Fsp3) is 0.643. The maximum absolute atomic E-state index is 6.52. The lowest BCUT2D eigenvalue weighted by molar-refractivity contribution is -0.180. The summed E-state index contributed by atoms with van der Waals surface area (Å²) >= 11 is 0. The van der Waals surface area contributed by atoms with Gasteiger partial charge in [-0.05, 0) is 74.6 Å². The van der Waals surface area contributed by atoms with Crippen LogP contribution in [0, 0.1) is 0 Å². The van der Waals surface area contributed by atoms with Gasteiger partial charge in [-0.2, -0.15) is 0 Å². The number of aromatic nitrogens is 2. The highest BCUT2D eigenvalue weighted by atomic mass is 16.8. The predicted molar refractivity (Wildman–Crippen MR) is 128 cm³/mol. The molecule has 0 N–H and O–H groups in total. The van der Waals surface area contributed by atoms with Gasteiger partial charge in [-0.15, -0.1) is 0 Å². The van der Waals surface area contributed by atoms with Crippen LogP contribution in [0.1, 0.15) is 101 Å². The van der Waals surface area contributed by atoms with Crippen LogP contribution in [0.25, 0.3) is 11.4 Å². The highest BCUT2D eigenvalue weighted by molar-refractivity contribution is 5.57. The van der Waals surface area contributed by atoms with Gasteiger partial charge in [0, 0.05) is 0 Å². The topological polar surface area (TPSA) is 62.7 Å². The van der Waals surface area contributed by atoms with Crippen LogP contribution in [0.5, 0.6) is 0 Å². The molecule has 34 heavy (non-hydrogen) atoms. The van der Waals surface area contributed by atoms with Crippen LogP contribution in [-0.4, -0.2) is 33.8 Å². The molecule has 6 heteroatoms. The van der Waals surface area contributed by atoms with Gasteiger partial charge in [0.25, 0.3) is 0 Å². The van der Waals surface area contributed by atoms with Gasteiger partial charge >= 0.3 is 0 Å². The van der Waals surface area contributed by atoms with E-state index in [1.165, 1.54) is 11.1 Å². The maximum atomic E-state index is 6.52. The zero-order valence-corrected chi connectivity index (χ0v) is 20.8. The van der Waals surface area contributed by atoms with Crippen molar-refractivity contribution in [1.82, 2.24) is 9.97 Å². The fourth-order valence-corrected chi connectivity index (χ4v) is 6.20. The molecule has 2 saturated heterocycles. The summed E-state index contributed by atoms with van der Waals surface area (Å²) < 4.78 is 25.9. The van der Waals surface area contributed by atoms with Crippen LogP contribution in [0.15, 0.2) is 24.3 Å². The van der Waals surface area contributed by atoms with E-state index in [4.69, 9.17) is 28.9 Å². The molecule has 2 aromatic rings. The van der Waals surface area contributed by atoms with Crippen molar-refractivity contribution in [1.29, 1.82) is 0 Å². The molecule has 4 aliphatic rings. The molecular formula is C28H36N2O4. The molecule has 2 aliphatic carbocycles. The molecule has 0 radical (unpaired) electrons. The zero-order valence-electron chi connectivity index (χ0n) is 20.8. The number of aryl methyl sites for hydroxylation is 2. The maximum Gasteiger partial charge on any atom is 0.169 e. The predicted octanol–water partition coefficient (Wildman–Crippen LogP) is 5.98. The van der Waals surface area contributed by atoms with Crippen molar-refractivity contribution >= 4 is 0 Å². The molecule has 0 unspecified atom stereocenters. The van der Waals surface area contributed by atoms with E-state index in [9.17, 15) is 0 Å². The Morgan fingerprint density at radius 1 is 0.647 bits per heavy atom. The summed E-state index contributed by atoms with van der Waals surface area (Å²) in [5.74, 6) is -0.975. The van der Waals surface area contributed by atoms with Crippen molar-refractivity contribution in [2.24, 2.45) is 0 Å². The van der Waals surface area contributed by atoms with Crippen LogP contribution in [0.2, 0.25) is 0 Å². The smallest absolute Gasteiger partial charge is 0.169 e. The standard InChI is InChI=1S/C28H36N2O4/c1-5-27(6-2)31-21-15-11-17-9-13-19(29-23(17)25(21)33-27)20-14-10-18-12-16-22-26(24(18)30-20)34-28(7-3,8-4)32-22/h9-10,13-14,21-22,25-26H,5-8,11-12,15-16H2,1-4H3/t21-,22-,25-,26-/m0/s1. The van der Waals surface area contributed by atoms with E-state index in [0.717, 1.165) is 74.1 Å². The quantitative estimate of drug-likeness (QED) is 0.542. The molecule has 0 amide bonds. The van der Waals surface area contributed by atoms with Crippen LogP contribution in [0.3, 0.4) is 0 Å². The highest BCUT2D eigenvalue weighted by Crippen LogP contribution is 2.48. The molecule has 0 spiro atoms. The lowest BCUT2D eigenvalue weighted by atomic mass is 9.90. The number of nitrogens with zero attached hydrogens (tertiary/aromatic N) is 2. The summed E-state index contributed by atoms with van der Waals surface area (Å²) in [5, 5.41) is 0. The van der Waals surface area contributed by atoms with E-state index >= 15 is 0 Å². The first-order chi connectivity index (χ1) is 16.5. The van der Waals surface area contributed by atoms with E-state index in [1.807, 2.05) is 0 Å². The van der Waals surface area contributed by atoms with Crippen molar-refractivity contribution in [2.75, 3.05) is 0 Å². The van der Waals surface area contributed by atoms with Crippen molar-refractivity contribution in [3.8, 4) is 11.4 Å². The van der Waals surface area contributed by atoms with Gasteiger partial charge in [0.1, 0.15) is 12.2 Å². The zero-order chi connectivity index (χ0) is 23.5. The van der Waals surface area contributed by atoms with Crippen molar-refractivity contribution in [2.45, 2.75) is 115 Å². The Labute approximate surface area is 202 Å². The molecule has 0 aromatic carbocycles. The molecular weight excluding hydrogens is 428 g/mol. The number of hydrogen-bond donors (Lipinski definition) is 0. The van der Waals surface area contributed by atoms with Gasteiger partial charge in [-0.25, -0.2) is 9.97 Å². The van der Waals surface area contributed by atoms with E-state index in [2.05, 4.69) is 52.0 Å². The molecule has 2 fully saturated rings. The highest BCUT2D eigenvalue weighted by Gasteiger charge is 2.50. The van der Waals surface area contributed by atoms with Gasteiger partial charge in [0.15, 0.2) is 11.6 Å². The molecule has 4 atom stereocenters. The van der Waals surface area contributed by atoms with Crippen LogP contribution in [0.4, 0.5) is 0 Å². The Morgan fingerprint density at radius 3 is 1.44 bits per heavy atom. The van der Waals surface area contributed by atoms with Crippen LogP contribution >= 0.6 is 0 Å². The first-order valence-corrected chi connectivity index (χ1v) is 13.2. The summed E-state index contributed by atoms with van der Waals surface area (Å²) in [4.78, 5) is 10.2. The van der Waals surface area contributed by atoms with Crippen molar-refractivity contribution < 1.29 is 18.9 Å². The second kappa shape index (κ2) is 8.37. The molecule has 0 saturated carbocycles. The lowest BCUT2D eigenvalue weighted by Crippen LogP contribution is -2.28. The third kappa shape index (κ3) is 3.45. The molecule has 0 bridgehead atoms. The first-order valence-electron chi connectivity index (χ1n) is 13.2. The molecule has 6 rings (SSSR count). The second-order valence-electron chi connectivity index (χ2n) is 10.2. The minimum absolute atomic E-state index is 0.0765. The molecule has 2 aliphatic heterocycles. The average molecular weight is 465 g/mol. The van der Waals surface area contributed by atoms with Gasteiger partial charge in [0.05, 0.1) is 35.0 Å². The summed E-state index contributed by atoms with van der Waals surface area (Å²) in [6, 6.07) is 8.61. The van der Waals surface area contributed by atoms with Crippen LogP contribution in [-0.2, 0) is 31.8 Å². The summed E-state index contributed by atoms with van der Waals surface area (Å²) in [6.07, 6.45) is 7.24. The van der Waals surface area contributed by atoms with E-state index < -0.39 is 11.6 Å². The third-order valence-electron chi connectivity index (χ3n) is 8.47. The van der Waals surface area contributed by atoms with Gasteiger partial charge in [-0.1, -0.05) is 39.8 Å². The molecule has 2 aromatic heterocycles. The Hall–Kier alpha value is -1.86. The third-order valence-corrected chi connectivity index (χ3v) is 8.47. The van der Waals surface area contributed by atoms with Gasteiger partial charge in [-0.3, -0.25) is 0 Å². The van der Waals surface area contributed by atoms with Gasteiger partial charge in [0.2, 0.25) is 0 Å². The molecule has 6 nitrogen and oxygen atoms in total. The SMILES string of the molecule is CCC1(CC)O[C@H]2CCc3ccc(-c4ccc5c(n4)[C@H]4OC(CC)(CC)O[C@H]4CC5)nc3[C@H]2O1. The lowest BCUT2D eigenvalue weighted by Gasteiger charge is -2.26. The van der Waals surface area contributed by atoms with E-state index in [1.54, 1.807) is 0 Å². The van der Waals surface area contributed by atoms with Crippen molar-refractivity contribution in [3.05, 3.63) is 46.8 Å². The van der Waals surface area contributed by atoms with Crippen molar-refractivity contribution in [3.63, 3.8) is 0 Å². The fourth-order valence-electron chi connectivity index (χ4n) is 6.20. The Balaban J connectivity index is 1.34. The Kier molecular flexibility index (Phi) is 5.56. The number of hydrogen-bond acceptors (Lipinski definition) is 6. The normalized spacial score (nSPS) is 30.4. The largest absolute Gasteiger partial charge is 0.344 e. The molecule has 4 heterocycles. The minimum Gasteiger partial charge on any atom is -0.344 e. The Bertz CT molecular complexity index is 993. The molecule has 182 valence electrons. The number of rotatable bonds is 5. The number of ether oxygens (including phenoxy) is 4.